The lowest BCUT2D eigenvalue weighted by Crippen LogP contribution is -2.51. The molecule has 2 amide bonds. The first-order valence-electron chi connectivity index (χ1n) is 11.1. The first kappa shape index (κ1) is 24.4. The number of carbonyl (C=O) groups excluding carboxylic acids is 2. The van der Waals surface area contributed by atoms with E-state index in [1.54, 1.807) is 4.90 Å². The first-order chi connectivity index (χ1) is 14.8. The van der Waals surface area contributed by atoms with Crippen LogP contribution >= 0.6 is 0 Å². The summed E-state index contributed by atoms with van der Waals surface area (Å²) in [6.45, 7) is 12.2. The summed E-state index contributed by atoms with van der Waals surface area (Å²) < 4.78 is 5.88. The van der Waals surface area contributed by atoms with Gasteiger partial charge in [-0.1, -0.05) is 55.8 Å². The Morgan fingerprint density at radius 2 is 1.74 bits per heavy atom. The molecule has 168 valence electrons. The van der Waals surface area contributed by atoms with Crippen molar-refractivity contribution in [2.75, 3.05) is 6.61 Å². The molecule has 5 heteroatoms. The summed E-state index contributed by atoms with van der Waals surface area (Å²) >= 11 is 0. The summed E-state index contributed by atoms with van der Waals surface area (Å²) in [6, 6.07) is 13.3. The van der Waals surface area contributed by atoms with Crippen molar-refractivity contribution in [1.29, 1.82) is 0 Å². The molecule has 0 bridgehead atoms. The third kappa shape index (κ3) is 6.84. The molecule has 5 nitrogen and oxygen atoms in total. The Bertz CT molecular complexity index is 894. The molecule has 0 aromatic heterocycles. The van der Waals surface area contributed by atoms with E-state index in [0.717, 1.165) is 28.7 Å². The lowest BCUT2D eigenvalue weighted by Gasteiger charge is -2.31. The van der Waals surface area contributed by atoms with Crippen LogP contribution in [0.4, 0.5) is 0 Å². The number of rotatable bonds is 10. The Morgan fingerprint density at radius 3 is 2.39 bits per heavy atom. The Labute approximate surface area is 186 Å². The maximum absolute atomic E-state index is 13.3. The Balaban J connectivity index is 2.25. The van der Waals surface area contributed by atoms with Gasteiger partial charge in [-0.2, -0.15) is 0 Å². The van der Waals surface area contributed by atoms with Crippen LogP contribution in [0.3, 0.4) is 0 Å². The van der Waals surface area contributed by atoms with Crippen molar-refractivity contribution in [3.05, 3.63) is 64.7 Å². The minimum absolute atomic E-state index is 0.0589. The molecule has 31 heavy (non-hydrogen) atoms. The average molecular weight is 425 g/mol. The van der Waals surface area contributed by atoms with E-state index in [-0.39, 0.29) is 24.5 Å². The first-order valence-corrected chi connectivity index (χ1v) is 11.1. The molecule has 0 saturated carbocycles. The van der Waals surface area contributed by atoms with Crippen molar-refractivity contribution in [1.82, 2.24) is 10.2 Å². The van der Waals surface area contributed by atoms with Gasteiger partial charge in [0.25, 0.3) is 5.91 Å². The van der Waals surface area contributed by atoms with E-state index in [1.165, 1.54) is 0 Å². The van der Waals surface area contributed by atoms with E-state index in [2.05, 4.69) is 5.32 Å². The van der Waals surface area contributed by atoms with E-state index in [1.807, 2.05) is 84.0 Å². The summed E-state index contributed by atoms with van der Waals surface area (Å²) in [5, 5.41) is 3.03. The lowest BCUT2D eigenvalue weighted by atomic mass is 10.1. The highest BCUT2D eigenvalue weighted by molar-refractivity contribution is 5.88. The molecule has 2 rings (SSSR count). The van der Waals surface area contributed by atoms with Crippen LogP contribution in [0.15, 0.2) is 42.5 Å². The van der Waals surface area contributed by atoms with Crippen LogP contribution in [0.2, 0.25) is 0 Å². The number of aryl methyl sites for hydroxylation is 2. The predicted octanol–water partition coefficient (Wildman–Crippen LogP) is 4.71. The second-order valence-electron chi connectivity index (χ2n) is 8.24. The van der Waals surface area contributed by atoms with Gasteiger partial charge in [-0.15, -0.1) is 0 Å². The average Bonchev–Trinajstić information content (AvgIpc) is 2.74. The number of hydrogen-bond acceptors (Lipinski definition) is 3. The molecule has 0 fully saturated rings. The fourth-order valence-corrected chi connectivity index (χ4v) is 3.47. The monoisotopic (exact) mass is 424 g/mol. The van der Waals surface area contributed by atoms with Crippen LogP contribution in [0.1, 0.15) is 55.9 Å². The normalized spacial score (nSPS) is 12.7. The van der Waals surface area contributed by atoms with Crippen LogP contribution in [-0.4, -0.2) is 35.4 Å². The lowest BCUT2D eigenvalue weighted by molar-refractivity contribution is -0.143. The van der Waals surface area contributed by atoms with Gasteiger partial charge >= 0.3 is 0 Å². The zero-order valence-electron chi connectivity index (χ0n) is 19.7. The number of ether oxygens (including phenoxy) is 1. The third-order valence-corrected chi connectivity index (χ3v) is 5.73. The van der Waals surface area contributed by atoms with Crippen molar-refractivity contribution >= 4 is 11.8 Å². The van der Waals surface area contributed by atoms with Crippen LogP contribution in [0.25, 0.3) is 0 Å². The smallest absolute Gasteiger partial charge is 0.261 e. The molecule has 0 spiro atoms. The van der Waals surface area contributed by atoms with Crippen LogP contribution < -0.4 is 10.1 Å². The summed E-state index contributed by atoms with van der Waals surface area (Å²) in [5.74, 6) is 0.374. The molecular weight excluding hydrogens is 388 g/mol. The van der Waals surface area contributed by atoms with Gasteiger partial charge in [-0.3, -0.25) is 9.59 Å². The minimum atomic E-state index is -0.552. The van der Waals surface area contributed by atoms with Crippen LogP contribution in [0, 0.1) is 20.8 Å². The highest BCUT2D eigenvalue weighted by Crippen LogP contribution is 2.21. The van der Waals surface area contributed by atoms with Gasteiger partial charge in [0.15, 0.2) is 6.61 Å². The second kappa shape index (κ2) is 11.5. The molecule has 0 radical (unpaired) electrons. The molecule has 0 unspecified atom stereocenters. The SMILES string of the molecule is CC[C@H](C(=O)N[C@@H](C)CC)N(Cc1cccc(C)c1)C(=O)COc1cccc(C)c1C. The summed E-state index contributed by atoms with van der Waals surface area (Å²) in [7, 11) is 0. The van der Waals surface area contributed by atoms with Gasteiger partial charge in [0.05, 0.1) is 0 Å². The van der Waals surface area contributed by atoms with Crippen LogP contribution in [-0.2, 0) is 16.1 Å². The Hall–Kier alpha value is -2.82. The van der Waals surface area contributed by atoms with Gasteiger partial charge in [-0.25, -0.2) is 0 Å². The van der Waals surface area contributed by atoms with Crippen LogP contribution in [0.5, 0.6) is 5.75 Å². The molecular formula is C26H36N2O3. The topological polar surface area (TPSA) is 58.6 Å². The van der Waals surface area contributed by atoms with Crippen molar-refractivity contribution < 1.29 is 14.3 Å². The largest absolute Gasteiger partial charge is 0.483 e. The Kier molecular flexibility index (Phi) is 9.10. The van der Waals surface area contributed by atoms with E-state index in [0.29, 0.717) is 18.7 Å². The fraction of sp³-hybridized carbons (Fsp3) is 0.462. The molecule has 0 aliphatic carbocycles. The standard InChI is InChI=1S/C26H36N2O3/c1-7-20(5)27-26(30)23(8-2)28(16-22-13-9-11-18(3)15-22)25(29)17-31-24-14-10-12-19(4)21(24)6/h9-15,20,23H,7-8,16-17H2,1-6H3,(H,27,30)/t20-,23+/m0/s1. The van der Waals surface area contributed by atoms with Crippen molar-refractivity contribution in [3.63, 3.8) is 0 Å². The molecule has 0 aliphatic rings. The summed E-state index contributed by atoms with van der Waals surface area (Å²) in [5.41, 5.74) is 4.24. The number of benzene rings is 2. The number of amides is 2. The molecule has 1 N–H and O–H groups in total. The van der Waals surface area contributed by atoms with E-state index >= 15 is 0 Å². The van der Waals surface area contributed by atoms with Crippen molar-refractivity contribution in [2.24, 2.45) is 0 Å². The molecule has 0 heterocycles. The molecule has 2 aromatic rings. The van der Waals surface area contributed by atoms with Gasteiger partial charge in [-0.05, 0) is 63.3 Å². The molecule has 2 atom stereocenters. The van der Waals surface area contributed by atoms with Crippen molar-refractivity contribution in [3.8, 4) is 5.75 Å². The summed E-state index contributed by atoms with van der Waals surface area (Å²) in [4.78, 5) is 27.9. The predicted molar refractivity (Wildman–Crippen MR) is 125 cm³/mol. The van der Waals surface area contributed by atoms with Gasteiger partial charge in [0.1, 0.15) is 11.8 Å². The highest BCUT2D eigenvalue weighted by Gasteiger charge is 2.29. The van der Waals surface area contributed by atoms with Crippen molar-refractivity contribution in [2.45, 2.75) is 73.0 Å². The highest BCUT2D eigenvalue weighted by atomic mass is 16.5. The zero-order valence-corrected chi connectivity index (χ0v) is 19.7. The molecule has 0 aliphatic heterocycles. The molecule has 2 aromatic carbocycles. The number of carbonyl (C=O) groups is 2. The summed E-state index contributed by atoms with van der Waals surface area (Å²) in [6.07, 6.45) is 1.37. The minimum Gasteiger partial charge on any atom is -0.483 e. The third-order valence-electron chi connectivity index (χ3n) is 5.73. The number of nitrogens with one attached hydrogen (secondary N) is 1. The van der Waals surface area contributed by atoms with E-state index in [9.17, 15) is 9.59 Å². The molecule has 0 saturated heterocycles. The quantitative estimate of drug-likeness (QED) is 0.601. The fourth-order valence-electron chi connectivity index (χ4n) is 3.47. The van der Waals surface area contributed by atoms with Gasteiger partial charge in [0.2, 0.25) is 5.91 Å². The maximum atomic E-state index is 13.3. The number of hydrogen-bond donors (Lipinski definition) is 1. The van der Waals surface area contributed by atoms with Gasteiger partial charge in [0, 0.05) is 12.6 Å². The van der Waals surface area contributed by atoms with E-state index < -0.39 is 6.04 Å². The second-order valence-corrected chi connectivity index (χ2v) is 8.24. The maximum Gasteiger partial charge on any atom is 0.261 e. The number of nitrogens with zero attached hydrogens (tertiary/aromatic N) is 1. The van der Waals surface area contributed by atoms with E-state index in [4.69, 9.17) is 4.74 Å². The van der Waals surface area contributed by atoms with Gasteiger partial charge < -0.3 is 15.0 Å². The zero-order chi connectivity index (χ0) is 23.0. The Morgan fingerprint density at radius 1 is 1.03 bits per heavy atom.